The first-order chi connectivity index (χ1) is 8.81. The smallest absolute Gasteiger partial charge is 0.223 e. The van der Waals surface area contributed by atoms with Crippen molar-refractivity contribution in [2.45, 2.75) is 38.1 Å². The maximum absolute atomic E-state index is 12.2. The van der Waals surface area contributed by atoms with Crippen molar-refractivity contribution in [3.05, 3.63) is 30.1 Å². The number of rotatable bonds is 4. The Hall–Kier alpha value is -1.42. The average Bonchev–Trinajstić information content (AvgIpc) is 2.45. The first-order valence-corrected chi connectivity index (χ1v) is 6.69. The fourth-order valence-electron chi connectivity index (χ4n) is 2.52. The first kappa shape index (κ1) is 13.0. The van der Waals surface area contributed by atoms with Gasteiger partial charge in [-0.05, 0) is 43.4 Å². The number of likely N-dealkylation sites (tertiary alicyclic amines) is 1. The molecule has 0 radical (unpaired) electrons. The van der Waals surface area contributed by atoms with E-state index in [1.807, 2.05) is 17.0 Å². The van der Waals surface area contributed by atoms with Gasteiger partial charge >= 0.3 is 0 Å². The van der Waals surface area contributed by atoms with Crippen LogP contribution in [-0.4, -0.2) is 34.9 Å². The van der Waals surface area contributed by atoms with Crippen molar-refractivity contribution in [3.63, 3.8) is 0 Å². The fraction of sp³-hybridized carbons (Fsp3) is 0.571. The van der Waals surface area contributed by atoms with Gasteiger partial charge < -0.3 is 10.6 Å². The summed E-state index contributed by atoms with van der Waals surface area (Å²) in [7, 11) is 0. The lowest BCUT2D eigenvalue weighted by atomic mass is 10.0. The van der Waals surface area contributed by atoms with Crippen molar-refractivity contribution in [1.82, 2.24) is 9.88 Å². The summed E-state index contributed by atoms with van der Waals surface area (Å²) in [6.07, 6.45) is 8.24. The molecule has 1 atom stereocenters. The quantitative estimate of drug-likeness (QED) is 0.873. The summed E-state index contributed by atoms with van der Waals surface area (Å²) in [5.41, 5.74) is 6.90. The van der Waals surface area contributed by atoms with Crippen LogP contribution in [0.15, 0.2) is 24.5 Å². The van der Waals surface area contributed by atoms with Gasteiger partial charge in [-0.25, -0.2) is 0 Å². The minimum Gasteiger partial charge on any atom is -0.338 e. The third kappa shape index (κ3) is 3.29. The monoisotopic (exact) mass is 247 g/mol. The van der Waals surface area contributed by atoms with E-state index in [2.05, 4.69) is 4.98 Å². The van der Waals surface area contributed by atoms with Gasteiger partial charge in [0.25, 0.3) is 0 Å². The number of pyridine rings is 1. The summed E-state index contributed by atoms with van der Waals surface area (Å²) in [4.78, 5) is 18.1. The number of hydrogen-bond acceptors (Lipinski definition) is 3. The Morgan fingerprint density at radius 3 is 2.89 bits per heavy atom. The molecule has 4 heteroatoms. The van der Waals surface area contributed by atoms with Crippen molar-refractivity contribution >= 4 is 5.91 Å². The van der Waals surface area contributed by atoms with Gasteiger partial charge in [-0.2, -0.15) is 0 Å². The highest BCUT2D eigenvalue weighted by atomic mass is 16.2. The van der Waals surface area contributed by atoms with E-state index in [0.717, 1.165) is 25.8 Å². The molecule has 0 unspecified atom stereocenters. The van der Waals surface area contributed by atoms with E-state index >= 15 is 0 Å². The van der Waals surface area contributed by atoms with Gasteiger partial charge in [0.1, 0.15) is 0 Å². The normalized spacial score (nSPS) is 19.8. The first-order valence-electron chi connectivity index (χ1n) is 6.69. The third-order valence-corrected chi connectivity index (χ3v) is 3.60. The molecule has 0 aromatic carbocycles. The fourth-order valence-corrected chi connectivity index (χ4v) is 2.52. The molecule has 1 aromatic heterocycles. The Balaban J connectivity index is 1.87. The second-order valence-electron chi connectivity index (χ2n) is 4.83. The van der Waals surface area contributed by atoms with Crippen LogP contribution in [0.3, 0.4) is 0 Å². The third-order valence-electron chi connectivity index (χ3n) is 3.60. The predicted molar refractivity (Wildman–Crippen MR) is 71.0 cm³/mol. The Labute approximate surface area is 108 Å². The maximum atomic E-state index is 12.2. The van der Waals surface area contributed by atoms with Gasteiger partial charge in [-0.1, -0.05) is 0 Å². The highest BCUT2D eigenvalue weighted by molar-refractivity contribution is 5.77. The van der Waals surface area contributed by atoms with Crippen LogP contribution >= 0.6 is 0 Å². The van der Waals surface area contributed by atoms with Gasteiger partial charge in [0.15, 0.2) is 0 Å². The van der Waals surface area contributed by atoms with Crippen molar-refractivity contribution < 1.29 is 4.79 Å². The highest BCUT2D eigenvalue weighted by Crippen LogP contribution is 2.17. The Bertz CT molecular complexity index is 380. The molecule has 0 aliphatic carbocycles. The number of carbonyl (C=O) groups excluding carboxylic acids is 1. The van der Waals surface area contributed by atoms with E-state index in [0.29, 0.717) is 13.0 Å². The predicted octanol–water partition coefficient (Wildman–Crippen LogP) is 1.35. The second-order valence-corrected chi connectivity index (χ2v) is 4.83. The molecule has 1 amide bonds. The van der Waals surface area contributed by atoms with Gasteiger partial charge in [-0.3, -0.25) is 9.78 Å². The molecule has 1 aromatic rings. The van der Waals surface area contributed by atoms with E-state index in [9.17, 15) is 4.79 Å². The number of aromatic nitrogens is 1. The van der Waals surface area contributed by atoms with Crippen LogP contribution < -0.4 is 5.73 Å². The molecule has 4 nitrogen and oxygen atoms in total. The number of piperidine rings is 1. The molecular weight excluding hydrogens is 226 g/mol. The van der Waals surface area contributed by atoms with Gasteiger partial charge in [0.05, 0.1) is 0 Å². The molecule has 0 spiro atoms. The number of carbonyl (C=O) groups is 1. The minimum absolute atomic E-state index is 0.238. The minimum atomic E-state index is 0.238. The van der Waals surface area contributed by atoms with E-state index < -0.39 is 0 Å². The van der Waals surface area contributed by atoms with E-state index in [-0.39, 0.29) is 11.9 Å². The number of aryl methyl sites for hydroxylation is 1. The lowest BCUT2D eigenvalue weighted by molar-refractivity contribution is -0.134. The standard InChI is InChI=1S/C14H21N3O/c15-11-13-3-1-2-10-17(13)14(18)5-4-12-6-8-16-9-7-12/h6-9,13H,1-5,10-11,15H2/t13-/m1/s1. The van der Waals surface area contributed by atoms with Crippen LogP contribution in [0.1, 0.15) is 31.2 Å². The molecule has 1 saturated heterocycles. The summed E-state index contributed by atoms with van der Waals surface area (Å²) < 4.78 is 0. The number of hydrogen-bond donors (Lipinski definition) is 1. The lowest BCUT2D eigenvalue weighted by Crippen LogP contribution is -2.47. The molecule has 98 valence electrons. The maximum Gasteiger partial charge on any atom is 0.223 e. The van der Waals surface area contributed by atoms with Crippen LogP contribution in [0.2, 0.25) is 0 Å². The number of nitrogens with two attached hydrogens (primary N) is 1. The van der Waals surface area contributed by atoms with Crippen molar-refractivity contribution in [3.8, 4) is 0 Å². The number of nitrogens with zero attached hydrogens (tertiary/aromatic N) is 2. The van der Waals surface area contributed by atoms with Gasteiger partial charge in [-0.15, -0.1) is 0 Å². The second kappa shape index (κ2) is 6.50. The highest BCUT2D eigenvalue weighted by Gasteiger charge is 2.24. The molecule has 18 heavy (non-hydrogen) atoms. The number of amides is 1. The zero-order valence-corrected chi connectivity index (χ0v) is 10.7. The van der Waals surface area contributed by atoms with E-state index in [1.165, 1.54) is 12.0 Å². The van der Waals surface area contributed by atoms with Crippen molar-refractivity contribution in [2.75, 3.05) is 13.1 Å². The Morgan fingerprint density at radius 2 is 2.17 bits per heavy atom. The van der Waals surface area contributed by atoms with Crippen LogP contribution in [0.5, 0.6) is 0 Å². The summed E-state index contributed by atoms with van der Waals surface area (Å²) in [6, 6.07) is 4.18. The van der Waals surface area contributed by atoms with Crippen LogP contribution in [0.25, 0.3) is 0 Å². The summed E-state index contributed by atoms with van der Waals surface area (Å²) >= 11 is 0. The summed E-state index contributed by atoms with van der Waals surface area (Å²) in [5, 5.41) is 0. The molecule has 2 rings (SSSR count). The Morgan fingerprint density at radius 1 is 1.39 bits per heavy atom. The molecule has 1 fully saturated rings. The molecule has 1 aliphatic heterocycles. The molecule has 0 saturated carbocycles. The summed E-state index contributed by atoms with van der Waals surface area (Å²) in [5.74, 6) is 0.238. The van der Waals surface area contributed by atoms with E-state index in [4.69, 9.17) is 5.73 Å². The SMILES string of the molecule is NC[C@H]1CCCCN1C(=O)CCc1ccncc1. The zero-order valence-electron chi connectivity index (χ0n) is 10.7. The lowest BCUT2D eigenvalue weighted by Gasteiger charge is -2.35. The topological polar surface area (TPSA) is 59.2 Å². The van der Waals surface area contributed by atoms with Crippen LogP contribution in [-0.2, 0) is 11.2 Å². The van der Waals surface area contributed by atoms with Gasteiger partial charge in [0.2, 0.25) is 5.91 Å². The Kier molecular flexibility index (Phi) is 4.70. The largest absolute Gasteiger partial charge is 0.338 e. The zero-order chi connectivity index (χ0) is 12.8. The summed E-state index contributed by atoms with van der Waals surface area (Å²) in [6.45, 7) is 1.46. The average molecular weight is 247 g/mol. The molecule has 2 N–H and O–H groups in total. The van der Waals surface area contributed by atoms with Crippen LogP contribution in [0, 0.1) is 0 Å². The molecule has 0 bridgehead atoms. The van der Waals surface area contributed by atoms with Crippen molar-refractivity contribution in [2.24, 2.45) is 5.73 Å². The molecular formula is C14H21N3O. The molecule has 1 aliphatic rings. The van der Waals surface area contributed by atoms with E-state index in [1.54, 1.807) is 12.4 Å². The van der Waals surface area contributed by atoms with Gasteiger partial charge in [0, 0.05) is 37.9 Å². The van der Waals surface area contributed by atoms with Crippen LogP contribution in [0.4, 0.5) is 0 Å². The molecule has 2 heterocycles. The van der Waals surface area contributed by atoms with Crippen molar-refractivity contribution in [1.29, 1.82) is 0 Å².